The first-order valence-electron chi connectivity index (χ1n) is 7.06. The molecule has 6 heteroatoms. The van der Waals surface area contributed by atoms with E-state index >= 15 is 0 Å². The molecule has 0 bridgehead atoms. The zero-order valence-electron chi connectivity index (χ0n) is 13.0. The summed E-state index contributed by atoms with van der Waals surface area (Å²) >= 11 is 5.98. The van der Waals surface area contributed by atoms with Crippen molar-refractivity contribution in [2.45, 2.75) is 25.9 Å². The number of amides is 1. The van der Waals surface area contributed by atoms with Crippen LogP contribution in [0.2, 0.25) is 5.02 Å². The van der Waals surface area contributed by atoms with Crippen LogP contribution >= 0.6 is 24.0 Å². The van der Waals surface area contributed by atoms with Crippen molar-refractivity contribution in [3.63, 3.8) is 0 Å². The first kappa shape index (κ1) is 18.8. The van der Waals surface area contributed by atoms with Crippen molar-refractivity contribution < 1.29 is 9.53 Å². The third kappa shape index (κ3) is 4.90. The lowest BCUT2D eigenvalue weighted by Gasteiger charge is -2.35. The normalized spacial score (nSPS) is 21.5. The molecule has 4 nitrogen and oxygen atoms in total. The number of carbonyl (C=O) groups is 1. The first-order chi connectivity index (χ1) is 9.99. The fourth-order valence-electron chi connectivity index (χ4n) is 2.61. The minimum Gasteiger partial charge on any atom is -0.496 e. The van der Waals surface area contributed by atoms with Gasteiger partial charge >= 0.3 is 0 Å². The van der Waals surface area contributed by atoms with Crippen LogP contribution in [0.15, 0.2) is 24.3 Å². The Morgan fingerprint density at radius 1 is 1.36 bits per heavy atom. The van der Waals surface area contributed by atoms with E-state index in [-0.39, 0.29) is 18.3 Å². The van der Waals surface area contributed by atoms with E-state index in [0.717, 1.165) is 18.7 Å². The molecule has 0 aliphatic carbocycles. The Hall–Kier alpha value is -1.23. The lowest BCUT2D eigenvalue weighted by atomic mass is 10.1. The average Bonchev–Trinajstić information content (AvgIpc) is 2.43. The number of hydrogen-bond acceptors (Lipinski definition) is 3. The van der Waals surface area contributed by atoms with Gasteiger partial charge in [-0.25, -0.2) is 0 Å². The largest absolute Gasteiger partial charge is 0.496 e. The summed E-state index contributed by atoms with van der Waals surface area (Å²) in [5.74, 6) is 0.711. The maximum absolute atomic E-state index is 12.3. The predicted octanol–water partition coefficient (Wildman–Crippen LogP) is 2.99. The number of nitrogens with one attached hydrogen (secondary N) is 1. The van der Waals surface area contributed by atoms with Crippen LogP contribution in [0, 0.1) is 0 Å². The molecule has 1 aromatic rings. The zero-order chi connectivity index (χ0) is 15.4. The summed E-state index contributed by atoms with van der Waals surface area (Å²) in [6.45, 7) is 5.61. The molecule has 0 saturated carbocycles. The van der Waals surface area contributed by atoms with E-state index in [1.807, 2.05) is 4.90 Å². The molecule has 22 heavy (non-hydrogen) atoms. The summed E-state index contributed by atoms with van der Waals surface area (Å²) < 4.78 is 5.27. The molecule has 0 spiro atoms. The van der Waals surface area contributed by atoms with Gasteiger partial charge in [0.2, 0.25) is 5.91 Å². The number of benzene rings is 1. The van der Waals surface area contributed by atoms with Crippen LogP contribution in [0.5, 0.6) is 5.75 Å². The molecular formula is C16H22Cl2N2O2. The third-order valence-electron chi connectivity index (χ3n) is 3.47. The summed E-state index contributed by atoms with van der Waals surface area (Å²) in [6, 6.07) is 5.96. The van der Waals surface area contributed by atoms with Crippen molar-refractivity contribution in [1.29, 1.82) is 0 Å². The monoisotopic (exact) mass is 344 g/mol. The molecule has 1 N–H and O–H groups in total. The highest BCUT2D eigenvalue weighted by atomic mass is 35.5. The highest BCUT2D eigenvalue weighted by Gasteiger charge is 2.23. The molecule has 1 saturated heterocycles. The van der Waals surface area contributed by atoms with Gasteiger partial charge in [-0.15, -0.1) is 12.4 Å². The molecule has 2 atom stereocenters. The van der Waals surface area contributed by atoms with Gasteiger partial charge in [0.05, 0.1) is 7.11 Å². The van der Waals surface area contributed by atoms with E-state index in [0.29, 0.717) is 22.9 Å². The van der Waals surface area contributed by atoms with Crippen LogP contribution in [0.3, 0.4) is 0 Å². The SMILES string of the molecule is COc1ccc(Cl)cc1C=CC(=O)N1CC(C)NC(C)C1.Cl. The van der Waals surface area contributed by atoms with Crippen LogP contribution in [-0.2, 0) is 4.79 Å². The fraction of sp³-hybridized carbons (Fsp3) is 0.438. The molecule has 0 aromatic heterocycles. The second-order valence-electron chi connectivity index (χ2n) is 5.43. The van der Waals surface area contributed by atoms with Gasteiger partial charge in [0.25, 0.3) is 0 Å². The van der Waals surface area contributed by atoms with Crippen LogP contribution in [0.4, 0.5) is 0 Å². The smallest absolute Gasteiger partial charge is 0.246 e. The van der Waals surface area contributed by atoms with E-state index in [9.17, 15) is 4.79 Å². The zero-order valence-corrected chi connectivity index (χ0v) is 14.6. The number of halogens is 2. The summed E-state index contributed by atoms with van der Waals surface area (Å²) in [6.07, 6.45) is 3.34. The molecule has 1 heterocycles. The maximum atomic E-state index is 12.3. The van der Waals surface area contributed by atoms with Crippen LogP contribution < -0.4 is 10.1 Å². The second kappa shape index (κ2) is 8.42. The van der Waals surface area contributed by atoms with Gasteiger partial charge in [-0.2, -0.15) is 0 Å². The summed E-state index contributed by atoms with van der Waals surface area (Å²) in [4.78, 5) is 14.1. The van der Waals surface area contributed by atoms with Crippen LogP contribution in [-0.4, -0.2) is 43.1 Å². The van der Waals surface area contributed by atoms with Gasteiger partial charge in [0, 0.05) is 41.8 Å². The van der Waals surface area contributed by atoms with Crippen molar-refractivity contribution in [2.24, 2.45) is 0 Å². The van der Waals surface area contributed by atoms with Crippen molar-refractivity contribution in [1.82, 2.24) is 10.2 Å². The lowest BCUT2D eigenvalue weighted by Crippen LogP contribution is -2.55. The Morgan fingerprint density at radius 2 is 2.00 bits per heavy atom. The summed E-state index contributed by atoms with van der Waals surface area (Å²) in [7, 11) is 1.60. The van der Waals surface area contributed by atoms with Crippen LogP contribution in [0.1, 0.15) is 19.4 Å². The molecule has 122 valence electrons. The standard InChI is InChI=1S/C16H21ClN2O2.ClH/c1-11-9-19(10-12(2)18-11)16(20)7-4-13-8-14(17)5-6-15(13)21-3;/h4-8,11-12,18H,9-10H2,1-3H3;1H. The van der Waals surface area contributed by atoms with Gasteiger partial charge in [0.15, 0.2) is 0 Å². The molecule has 2 rings (SSSR count). The van der Waals surface area contributed by atoms with Gasteiger partial charge in [-0.3, -0.25) is 4.79 Å². The average molecular weight is 345 g/mol. The minimum absolute atomic E-state index is 0. The number of rotatable bonds is 3. The Balaban J connectivity index is 0.00000242. The Morgan fingerprint density at radius 3 is 2.59 bits per heavy atom. The van der Waals surface area contributed by atoms with Crippen molar-refractivity contribution >= 4 is 36.0 Å². The lowest BCUT2D eigenvalue weighted by molar-refractivity contribution is -0.127. The van der Waals surface area contributed by atoms with Crippen molar-refractivity contribution in [3.8, 4) is 5.75 Å². The summed E-state index contributed by atoms with van der Waals surface area (Å²) in [5.41, 5.74) is 0.801. The Kier molecular flexibility index (Phi) is 7.20. The number of nitrogens with zero attached hydrogens (tertiary/aromatic N) is 1. The number of hydrogen-bond donors (Lipinski definition) is 1. The molecule has 1 amide bonds. The van der Waals surface area contributed by atoms with Gasteiger partial charge in [-0.1, -0.05) is 11.6 Å². The quantitative estimate of drug-likeness (QED) is 0.857. The summed E-state index contributed by atoms with van der Waals surface area (Å²) in [5, 5.41) is 4.03. The Labute approximate surface area is 142 Å². The predicted molar refractivity (Wildman–Crippen MR) is 92.9 cm³/mol. The van der Waals surface area contributed by atoms with E-state index in [1.54, 1.807) is 37.5 Å². The van der Waals surface area contributed by atoms with E-state index in [1.165, 1.54) is 0 Å². The molecule has 1 aliphatic rings. The molecular weight excluding hydrogens is 323 g/mol. The molecule has 0 radical (unpaired) electrons. The maximum Gasteiger partial charge on any atom is 0.246 e. The van der Waals surface area contributed by atoms with E-state index < -0.39 is 0 Å². The van der Waals surface area contributed by atoms with E-state index in [4.69, 9.17) is 16.3 Å². The molecule has 1 aliphatic heterocycles. The minimum atomic E-state index is 0. The number of methoxy groups -OCH3 is 1. The molecule has 1 aromatic carbocycles. The molecule has 1 fully saturated rings. The Bertz CT molecular complexity index is 539. The van der Waals surface area contributed by atoms with E-state index in [2.05, 4.69) is 19.2 Å². The van der Waals surface area contributed by atoms with Crippen LogP contribution in [0.25, 0.3) is 6.08 Å². The van der Waals surface area contributed by atoms with Gasteiger partial charge in [-0.05, 0) is 38.1 Å². The fourth-order valence-corrected chi connectivity index (χ4v) is 2.79. The van der Waals surface area contributed by atoms with Gasteiger partial charge < -0.3 is 15.0 Å². The first-order valence-corrected chi connectivity index (χ1v) is 7.44. The highest BCUT2D eigenvalue weighted by molar-refractivity contribution is 6.30. The number of carbonyl (C=O) groups excluding carboxylic acids is 1. The molecule has 2 unspecified atom stereocenters. The topological polar surface area (TPSA) is 41.6 Å². The van der Waals surface area contributed by atoms with Crippen molar-refractivity contribution in [3.05, 3.63) is 34.9 Å². The number of piperazine rings is 1. The second-order valence-corrected chi connectivity index (χ2v) is 5.87. The van der Waals surface area contributed by atoms with Gasteiger partial charge in [0.1, 0.15) is 5.75 Å². The van der Waals surface area contributed by atoms with Crippen molar-refractivity contribution in [2.75, 3.05) is 20.2 Å². The number of ether oxygens (including phenoxy) is 1. The third-order valence-corrected chi connectivity index (χ3v) is 3.70. The highest BCUT2D eigenvalue weighted by Crippen LogP contribution is 2.23.